The van der Waals surface area contributed by atoms with Gasteiger partial charge in [-0.2, -0.15) is 26.3 Å². The second kappa shape index (κ2) is 5.58. The van der Waals surface area contributed by atoms with E-state index in [1.807, 2.05) is 23.8 Å². The minimum Gasteiger partial charge on any atom is -0.463 e. The fourth-order valence-electron chi connectivity index (χ4n) is 1.25. The fourth-order valence-corrected chi connectivity index (χ4v) is 1.88. The first-order chi connectivity index (χ1) is 8.33. The summed E-state index contributed by atoms with van der Waals surface area (Å²) in [6, 6.07) is 2.34. The Morgan fingerprint density at radius 3 is 2.88 bits per heavy atom. The van der Waals surface area contributed by atoms with Crippen molar-refractivity contribution in [1.82, 2.24) is 15.0 Å². The highest BCUT2D eigenvalue weighted by atomic mass is 32.1. The number of aromatic nitrogens is 3. The van der Waals surface area contributed by atoms with Gasteiger partial charge in [-0.05, 0) is 17.9 Å². The lowest BCUT2D eigenvalue weighted by Crippen LogP contribution is -2.05. The molecule has 0 saturated carbocycles. The van der Waals surface area contributed by atoms with E-state index in [0.717, 1.165) is 12.0 Å². The molecule has 0 aliphatic heterocycles. The summed E-state index contributed by atoms with van der Waals surface area (Å²) in [5.74, 6) is 1.16. The van der Waals surface area contributed by atoms with Crippen LogP contribution in [0.2, 0.25) is 0 Å². The molecule has 0 spiro atoms. The molecule has 0 aliphatic carbocycles. The molecule has 0 fully saturated rings. The number of rotatable bonds is 5. The van der Waals surface area contributed by atoms with Gasteiger partial charge in [0.2, 0.25) is 5.95 Å². The lowest BCUT2D eigenvalue weighted by molar-refractivity contribution is 0.292. The molecule has 2 aromatic rings. The van der Waals surface area contributed by atoms with Crippen LogP contribution in [0.15, 0.2) is 16.8 Å². The van der Waals surface area contributed by atoms with Crippen LogP contribution in [0, 0.1) is 0 Å². The summed E-state index contributed by atoms with van der Waals surface area (Å²) in [6.07, 6.45) is 0.925. The molecular weight excluding hydrogens is 236 g/mol. The lowest BCUT2D eigenvalue weighted by Gasteiger charge is -2.06. The number of hydrogen-bond donors (Lipinski definition) is 1. The maximum absolute atomic E-state index is 5.44. The molecule has 0 radical (unpaired) electrons. The molecule has 0 atom stereocenters. The van der Waals surface area contributed by atoms with Crippen molar-refractivity contribution in [2.75, 3.05) is 19.0 Å². The number of nitrogens with zero attached hydrogens (tertiary/aromatic N) is 3. The van der Waals surface area contributed by atoms with E-state index < -0.39 is 0 Å². The maximum Gasteiger partial charge on any atom is 0.321 e. The summed E-state index contributed by atoms with van der Waals surface area (Å²) in [7, 11) is 1.77. The van der Waals surface area contributed by atoms with Crippen molar-refractivity contribution < 1.29 is 4.74 Å². The van der Waals surface area contributed by atoms with E-state index >= 15 is 0 Å². The molecular formula is C11H14N4OS. The van der Waals surface area contributed by atoms with Crippen LogP contribution >= 0.6 is 11.3 Å². The van der Waals surface area contributed by atoms with Gasteiger partial charge in [0, 0.05) is 18.0 Å². The van der Waals surface area contributed by atoms with Crippen LogP contribution in [0.4, 0.5) is 5.95 Å². The van der Waals surface area contributed by atoms with Crippen molar-refractivity contribution in [3.63, 3.8) is 0 Å². The molecule has 0 saturated heterocycles. The third kappa shape index (κ3) is 2.91. The van der Waals surface area contributed by atoms with Crippen LogP contribution in [0.3, 0.4) is 0 Å². The average Bonchev–Trinajstić information content (AvgIpc) is 2.89. The predicted molar refractivity (Wildman–Crippen MR) is 68.5 cm³/mol. The first-order valence-corrected chi connectivity index (χ1v) is 6.37. The monoisotopic (exact) mass is 250 g/mol. The van der Waals surface area contributed by atoms with Crippen LogP contribution in [0.5, 0.6) is 6.01 Å². The third-order valence-electron chi connectivity index (χ3n) is 2.05. The number of anilines is 1. The van der Waals surface area contributed by atoms with Crippen LogP contribution in [-0.2, 0) is 0 Å². The van der Waals surface area contributed by atoms with Gasteiger partial charge in [0.15, 0.2) is 5.82 Å². The SMILES string of the molecule is CCCOc1nc(NC)nc(-c2ccsc2)n1. The zero-order valence-electron chi connectivity index (χ0n) is 9.80. The second-order valence-corrected chi connectivity index (χ2v) is 4.16. The third-order valence-corrected chi connectivity index (χ3v) is 2.74. The minimum atomic E-state index is 0.368. The van der Waals surface area contributed by atoms with Crippen molar-refractivity contribution >= 4 is 17.3 Å². The Bertz CT molecular complexity index is 472. The summed E-state index contributed by atoms with van der Waals surface area (Å²) in [4.78, 5) is 12.7. The Morgan fingerprint density at radius 2 is 2.24 bits per heavy atom. The molecule has 1 N–H and O–H groups in total. The van der Waals surface area contributed by atoms with Gasteiger partial charge in [-0.1, -0.05) is 6.92 Å². The molecule has 2 heterocycles. The highest BCUT2D eigenvalue weighted by Crippen LogP contribution is 2.20. The van der Waals surface area contributed by atoms with Gasteiger partial charge in [0.05, 0.1) is 6.61 Å². The Kier molecular flexibility index (Phi) is 3.87. The van der Waals surface area contributed by atoms with Gasteiger partial charge in [-0.3, -0.25) is 0 Å². The zero-order valence-corrected chi connectivity index (χ0v) is 10.6. The van der Waals surface area contributed by atoms with E-state index in [1.54, 1.807) is 18.4 Å². The average molecular weight is 250 g/mol. The summed E-state index contributed by atoms with van der Waals surface area (Å²) in [5.41, 5.74) is 0.982. The molecule has 2 aromatic heterocycles. The number of nitrogens with one attached hydrogen (secondary N) is 1. The van der Waals surface area contributed by atoms with Crippen LogP contribution in [0.1, 0.15) is 13.3 Å². The minimum absolute atomic E-state index is 0.368. The van der Waals surface area contributed by atoms with E-state index in [-0.39, 0.29) is 0 Å². The normalized spacial score (nSPS) is 10.2. The van der Waals surface area contributed by atoms with Crippen molar-refractivity contribution in [3.05, 3.63) is 16.8 Å². The van der Waals surface area contributed by atoms with E-state index in [4.69, 9.17) is 4.74 Å². The van der Waals surface area contributed by atoms with Crippen LogP contribution in [-0.4, -0.2) is 28.6 Å². The van der Waals surface area contributed by atoms with Gasteiger partial charge < -0.3 is 10.1 Å². The molecule has 0 amide bonds. The lowest BCUT2D eigenvalue weighted by atomic mass is 10.3. The number of hydrogen-bond acceptors (Lipinski definition) is 6. The highest BCUT2D eigenvalue weighted by Gasteiger charge is 2.08. The van der Waals surface area contributed by atoms with Crippen molar-refractivity contribution in [2.24, 2.45) is 0 Å². The summed E-state index contributed by atoms with van der Waals surface area (Å²) in [5, 5.41) is 6.90. The van der Waals surface area contributed by atoms with Crippen molar-refractivity contribution in [3.8, 4) is 17.4 Å². The Morgan fingerprint density at radius 1 is 1.35 bits per heavy atom. The van der Waals surface area contributed by atoms with E-state index in [0.29, 0.717) is 24.4 Å². The van der Waals surface area contributed by atoms with Crippen molar-refractivity contribution in [2.45, 2.75) is 13.3 Å². The Balaban J connectivity index is 2.32. The molecule has 90 valence electrons. The van der Waals surface area contributed by atoms with Crippen LogP contribution in [0.25, 0.3) is 11.4 Å². The van der Waals surface area contributed by atoms with Gasteiger partial charge in [-0.25, -0.2) is 0 Å². The van der Waals surface area contributed by atoms with Crippen LogP contribution < -0.4 is 10.1 Å². The maximum atomic E-state index is 5.44. The standard InChI is InChI=1S/C11H14N4OS/c1-3-5-16-11-14-9(8-4-6-17-7-8)13-10(12-2)15-11/h4,6-7H,3,5H2,1-2H3,(H,12,13,14,15). The summed E-state index contributed by atoms with van der Waals surface area (Å²) >= 11 is 1.61. The van der Waals surface area contributed by atoms with E-state index in [2.05, 4.69) is 20.3 Å². The van der Waals surface area contributed by atoms with Crippen molar-refractivity contribution in [1.29, 1.82) is 0 Å². The van der Waals surface area contributed by atoms with E-state index in [1.165, 1.54) is 0 Å². The van der Waals surface area contributed by atoms with Gasteiger partial charge >= 0.3 is 6.01 Å². The fraction of sp³-hybridized carbons (Fsp3) is 0.364. The Hall–Kier alpha value is -1.69. The largest absolute Gasteiger partial charge is 0.463 e. The highest BCUT2D eigenvalue weighted by molar-refractivity contribution is 7.08. The molecule has 6 heteroatoms. The number of thiophene rings is 1. The topological polar surface area (TPSA) is 59.9 Å². The summed E-state index contributed by atoms with van der Waals surface area (Å²) in [6.45, 7) is 2.65. The predicted octanol–water partition coefficient (Wildman–Crippen LogP) is 2.43. The van der Waals surface area contributed by atoms with Gasteiger partial charge in [0.25, 0.3) is 0 Å². The number of ether oxygens (including phenoxy) is 1. The zero-order chi connectivity index (χ0) is 12.1. The first kappa shape index (κ1) is 11.8. The quantitative estimate of drug-likeness (QED) is 0.883. The second-order valence-electron chi connectivity index (χ2n) is 3.38. The smallest absolute Gasteiger partial charge is 0.321 e. The van der Waals surface area contributed by atoms with Gasteiger partial charge in [0.1, 0.15) is 0 Å². The molecule has 0 aliphatic rings. The van der Waals surface area contributed by atoms with Gasteiger partial charge in [-0.15, -0.1) is 0 Å². The Labute approximate surface area is 104 Å². The van der Waals surface area contributed by atoms with E-state index in [9.17, 15) is 0 Å². The molecule has 2 rings (SSSR count). The molecule has 0 bridgehead atoms. The molecule has 5 nitrogen and oxygen atoms in total. The summed E-state index contributed by atoms with van der Waals surface area (Å²) < 4.78 is 5.44. The molecule has 17 heavy (non-hydrogen) atoms. The first-order valence-electron chi connectivity index (χ1n) is 5.42. The molecule has 0 unspecified atom stereocenters. The molecule has 0 aromatic carbocycles.